The molecule has 0 radical (unpaired) electrons. The Morgan fingerprint density at radius 2 is 1.16 bits per heavy atom. The van der Waals surface area contributed by atoms with E-state index in [1.54, 1.807) is 0 Å². The van der Waals surface area contributed by atoms with E-state index in [1.807, 2.05) is 6.92 Å². The number of allylic oxidation sites excluding steroid dienone is 2. The first-order chi connectivity index (χ1) is 31.8. The third-order valence-corrected chi connectivity index (χ3v) is 19.4. The second kappa shape index (κ2) is 18.8. The van der Waals surface area contributed by atoms with Crippen molar-refractivity contribution in [2.24, 2.45) is 50.2 Å². The smallest absolute Gasteiger partial charge is 0.315 e. The van der Waals surface area contributed by atoms with E-state index >= 15 is 0 Å². The molecule has 390 valence electrons. The molecule has 20 nitrogen and oxygen atoms in total. The number of ether oxygens (including phenoxy) is 6. The van der Waals surface area contributed by atoms with Gasteiger partial charge in [0.1, 0.15) is 73.2 Å². The van der Waals surface area contributed by atoms with Gasteiger partial charge in [0.15, 0.2) is 12.6 Å². The zero-order valence-electron chi connectivity index (χ0n) is 40.0. The largest absolute Gasteiger partial charge is 0.432 e. The van der Waals surface area contributed by atoms with E-state index in [1.165, 1.54) is 5.57 Å². The van der Waals surface area contributed by atoms with Crippen LogP contribution in [0.3, 0.4) is 0 Å². The molecule has 25 unspecified atom stereocenters. The molecule has 0 bridgehead atoms. The number of carbonyl (C=O) groups is 1. The molecule has 13 N–H and O–H groups in total. The first-order valence-corrected chi connectivity index (χ1v) is 24.6. The third-order valence-electron chi connectivity index (χ3n) is 19.4. The molecule has 0 spiro atoms. The summed E-state index contributed by atoms with van der Waals surface area (Å²) in [6.45, 7) is 10.4. The highest BCUT2D eigenvalue weighted by Crippen LogP contribution is 2.76. The normalized spacial score (nSPS) is 54.6. The molecule has 0 amide bonds. The monoisotopic (exact) mass is 975 g/mol. The second-order valence-corrected chi connectivity index (χ2v) is 23.5. The molecule has 8 rings (SSSR count). The van der Waals surface area contributed by atoms with Crippen molar-refractivity contribution in [2.75, 3.05) is 26.4 Å². The van der Waals surface area contributed by atoms with Crippen molar-refractivity contribution < 1.29 is 99.6 Å². The van der Waals surface area contributed by atoms with Crippen molar-refractivity contribution in [1.29, 1.82) is 0 Å². The Hall–Kier alpha value is -1.51. The number of hydrogen-bond donors (Lipinski definition) is 13. The molecule has 8 aliphatic rings. The van der Waals surface area contributed by atoms with Gasteiger partial charge in [0.05, 0.1) is 44.1 Å². The van der Waals surface area contributed by atoms with Crippen molar-refractivity contribution in [2.45, 2.75) is 204 Å². The molecule has 4 saturated carbocycles. The van der Waals surface area contributed by atoms with Crippen molar-refractivity contribution >= 4 is 5.97 Å². The van der Waals surface area contributed by atoms with Crippen LogP contribution in [0.5, 0.6) is 0 Å². The standard InChI is InChI=1S/C48H78O20/c1-43(2)11-13-48(42(62)68-40-35(60)33(58)30(55)25(18-50)64-40)14-12-46(5)21(22(48)15-43)7-8-28-44(3)16-23(53)38(45(4,20-52)27(44)9-10-47(28,46)6)67-41-36(61)37(31(56)26(19-51)65-41)66-39-34(59)32(57)29(54)24(17-49)63-39/h7,22-41,49-61H,8-20H2,1-6H3. The van der Waals surface area contributed by atoms with E-state index in [9.17, 15) is 71.2 Å². The van der Waals surface area contributed by atoms with Crippen LogP contribution in [0.1, 0.15) is 99.3 Å². The van der Waals surface area contributed by atoms with E-state index in [0.29, 0.717) is 38.5 Å². The molecular weight excluding hydrogens is 897 g/mol. The Morgan fingerprint density at radius 1 is 0.618 bits per heavy atom. The SMILES string of the molecule is CC1(C)CCC2(C(=O)OC3OC(CO)C(O)C(O)C3O)CCC3(C)C(=CCC4C5(C)CC(O)C(OC6OC(CO)C(O)C(OC7OC(CO)C(O)C(O)C7O)C6O)C(C)(CO)C5CCC43C)C2C1. The minimum Gasteiger partial charge on any atom is -0.432 e. The molecule has 20 heteroatoms. The maximum atomic E-state index is 14.7. The Bertz CT molecular complexity index is 1850. The average Bonchev–Trinajstić information content (AvgIpc) is 3.29. The fourth-order valence-corrected chi connectivity index (χ4v) is 15.2. The van der Waals surface area contributed by atoms with Gasteiger partial charge in [-0.05, 0) is 97.2 Å². The number of aliphatic hydroxyl groups excluding tert-OH is 13. The first kappa shape index (κ1) is 52.8. The average molecular weight is 975 g/mol. The molecule has 3 saturated heterocycles. The molecule has 68 heavy (non-hydrogen) atoms. The number of rotatable bonds is 10. The molecule has 0 aromatic heterocycles. The first-order valence-electron chi connectivity index (χ1n) is 24.6. The number of hydrogen-bond acceptors (Lipinski definition) is 20. The van der Waals surface area contributed by atoms with Crippen molar-refractivity contribution in [3.8, 4) is 0 Å². The third kappa shape index (κ3) is 8.07. The summed E-state index contributed by atoms with van der Waals surface area (Å²) in [7, 11) is 0. The maximum absolute atomic E-state index is 14.7. The Balaban J connectivity index is 1.05. The fraction of sp³-hybridized carbons (Fsp3) is 0.938. The van der Waals surface area contributed by atoms with Crippen LogP contribution in [0.4, 0.5) is 0 Å². The predicted molar refractivity (Wildman–Crippen MR) is 233 cm³/mol. The molecule has 3 heterocycles. The van der Waals surface area contributed by atoms with Crippen LogP contribution >= 0.6 is 0 Å². The van der Waals surface area contributed by atoms with E-state index in [4.69, 9.17) is 28.4 Å². The molecule has 25 atom stereocenters. The van der Waals surface area contributed by atoms with Crippen molar-refractivity contribution in [3.05, 3.63) is 11.6 Å². The van der Waals surface area contributed by atoms with E-state index < -0.39 is 158 Å². The number of aliphatic hydroxyl groups is 13. The van der Waals surface area contributed by atoms with Gasteiger partial charge in [-0.2, -0.15) is 0 Å². The summed E-state index contributed by atoms with van der Waals surface area (Å²) in [6, 6.07) is 0. The van der Waals surface area contributed by atoms with Gasteiger partial charge < -0.3 is 94.8 Å². The van der Waals surface area contributed by atoms with Gasteiger partial charge in [0, 0.05) is 5.41 Å². The van der Waals surface area contributed by atoms with Gasteiger partial charge in [0.25, 0.3) is 0 Å². The number of carbonyl (C=O) groups excluding carboxylic acids is 1. The van der Waals surface area contributed by atoms with Crippen molar-refractivity contribution in [1.82, 2.24) is 0 Å². The Kier molecular flexibility index (Phi) is 14.6. The summed E-state index contributed by atoms with van der Waals surface area (Å²) in [6.07, 6.45) is -19.4. The van der Waals surface area contributed by atoms with Gasteiger partial charge in [0.2, 0.25) is 6.29 Å². The second-order valence-electron chi connectivity index (χ2n) is 23.5. The summed E-state index contributed by atoms with van der Waals surface area (Å²) < 4.78 is 35.3. The highest BCUT2D eigenvalue weighted by atomic mass is 16.7. The van der Waals surface area contributed by atoms with Crippen LogP contribution in [0, 0.1) is 50.2 Å². The summed E-state index contributed by atoms with van der Waals surface area (Å²) in [4.78, 5) is 14.7. The molecular formula is C48H78O20. The van der Waals surface area contributed by atoms with E-state index in [0.717, 1.165) is 12.8 Å². The van der Waals surface area contributed by atoms with Crippen molar-refractivity contribution in [3.63, 3.8) is 0 Å². The quantitative estimate of drug-likeness (QED) is 0.0645. The highest BCUT2D eigenvalue weighted by Gasteiger charge is 2.71. The molecule has 3 aliphatic heterocycles. The molecule has 7 fully saturated rings. The van der Waals surface area contributed by atoms with Crippen LogP contribution in [0.2, 0.25) is 0 Å². The van der Waals surface area contributed by atoms with Crippen LogP contribution in [-0.2, 0) is 33.2 Å². The fourth-order valence-electron chi connectivity index (χ4n) is 15.2. The summed E-state index contributed by atoms with van der Waals surface area (Å²) in [5, 5.41) is 140. The van der Waals surface area contributed by atoms with Crippen LogP contribution in [-0.4, -0.2) is 203 Å². The highest BCUT2D eigenvalue weighted by molar-refractivity contribution is 5.79. The Morgan fingerprint density at radius 3 is 1.75 bits per heavy atom. The summed E-state index contributed by atoms with van der Waals surface area (Å²) >= 11 is 0. The molecule has 0 aromatic rings. The van der Waals surface area contributed by atoms with Crippen LogP contribution < -0.4 is 0 Å². The Labute approximate surface area is 396 Å². The van der Waals surface area contributed by atoms with E-state index in [-0.39, 0.29) is 35.0 Å². The van der Waals surface area contributed by atoms with Crippen LogP contribution in [0.25, 0.3) is 0 Å². The topological polar surface area (TPSA) is 335 Å². The zero-order valence-corrected chi connectivity index (χ0v) is 40.0. The van der Waals surface area contributed by atoms with Gasteiger partial charge in [-0.3, -0.25) is 4.79 Å². The lowest BCUT2D eigenvalue weighted by molar-refractivity contribution is -0.375. The molecule has 0 aromatic carbocycles. The van der Waals surface area contributed by atoms with Gasteiger partial charge in [-0.1, -0.05) is 53.2 Å². The minimum atomic E-state index is -1.87. The predicted octanol–water partition coefficient (Wildman–Crippen LogP) is -1.92. The maximum Gasteiger partial charge on any atom is 0.315 e. The summed E-state index contributed by atoms with van der Waals surface area (Å²) in [5.74, 6) is -1.04. The summed E-state index contributed by atoms with van der Waals surface area (Å²) in [5.41, 5.74) is -2.41. The van der Waals surface area contributed by atoms with Gasteiger partial charge in [-0.15, -0.1) is 0 Å². The zero-order chi connectivity index (χ0) is 49.8. The minimum absolute atomic E-state index is 0.0177. The lowest BCUT2D eigenvalue weighted by Crippen LogP contribution is -2.70. The van der Waals surface area contributed by atoms with Gasteiger partial charge >= 0.3 is 5.97 Å². The number of fused-ring (bicyclic) bond motifs is 7. The lowest BCUT2D eigenvalue weighted by atomic mass is 9.33. The van der Waals surface area contributed by atoms with Crippen LogP contribution in [0.15, 0.2) is 11.6 Å². The number of esters is 1. The van der Waals surface area contributed by atoms with E-state index in [2.05, 4.69) is 40.7 Å². The van der Waals surface area contributed by atoms with Gasteiger partial charge in [-0.25, -0.2) is 0 Å². The molecule has 5 aliphatic carbocycles. The lowest BCUT2D eigenvalue weighted by Gasteiger charge is -2.72.